The van der Waals surface area contributed by atoms with Crippen molar-refractivity contribution in [3.63, 3.8) is 0 Å². The van der Waals surface area contributed by atoms with Crippen LogP contribution in [0.4, 0.5) is 0 Å². The monoisotopic (exact) mass is 567 g/mol. The molecule has 2 N–H and O–H groups in total. The number of benzene rings is 4. The Morgan fingerprint density at radius 1 is 0.690 bits per heavy atom. The predicted molar refractivity (Wildman–Crippen MR) is 166 cm³/mol. The van der Waals surface area contributed by atoms with Gasteiger partial charge in [0.1, 0.15) is 22.8 Å². The highest BCUT2D eigenvalue weighted by Crippen LogP contribution is 2.39. The molecule has 0 heterocycles. The Kier molecular flexibility index (Phi) is 11.0. The van der Waals surface area contributed by atoms with Crippen molar-refractivity contribution in [1.29, 1.82) is 0 Å². The summed E-state index contributed by atoms with van der Waals surface area (Å²) in [5, 5.41) is 15.4. The number of hydrogen-bond donors (Lipinski definition) is 2. The second kappa shape index (κ2) is 15.1. The first-order valence-corrected chi connectivity index (χ1v) is 14.5. The van der Waals surface area contributed by atoms with Crippen LogP contribution in [0.25, 0.3) is 0 Å². The summed E-state index contributed by atoms with van der Waals surface area (Å²) >= 11 is 0. The maximum atomic E-state index is 12.4. The van der Waals surface area contributed by atoms with Gasteiger partial charge < -0.3 is 24.6 Å². The lowest BCUT2D eigenvalue weighted by atomic mass is 9.79. The van der Waals surface area contributed by atoms with Crippen molar-refractivity contribution < 1.29 is 24.1 Å². The minimum atomic E-state index is -1.41. The summed E-state index contributed by atoms with van der Waals surface area (Å²) in [4.78, 5) is 12.3. The molecule has 42 heavy (non-hydrogen) atoms. The first-order valence-electron chi connectivity index (χ1n) is 14.5. The molecule has 1 amide bonds. The molecule has 220 valence electrons. The Hall–Kier alpha value is -4.29. The van der Waals surface area contributed by atoms with Gasteiger partial charge in [0.15, 0.2) is 0 Å². The van der Waals surface area contributed by atoms with Crippen LogP contribution in [0.1, 0.15) is 53.5 Å². The second-order valence-electron chi connectivity index (χ2n) is 10.3. The van der Waals surface area contributed by atoms with E-state index in [9.17, 15) is 9.90 Å². The molecule has 0 spiro atoms. The summed E-state index contributed by atoms with van der Waals surface area (Å²) in [7, 11) is 4.91. The molecule has 0 aliphatic heterocycles. The largest absolute Gasteiger partial charge is 0.497 e. The van der Waals surface area contributed by atoms with Gasteiger partial charge >= 0.3 is 0 Å². The number of unbranched alkanes of at least 4 members (excludes halogenated alkanes) is 2. The Bertz CT molecular complexity index is 1350. The van der Waals surface area contributed by atoms with E-state index in [1.54, 1.807) is 21.3 Å². The fraction of sp³-hybridized carbons (Fsp3) is 0.306. The van der Waals surface area contributed by atoms with Crippen molar-refractivity contribution in [3.05, 3.63) is 125 Å². The molecule has 0 aliphatic rings. The van der Waals surface area contributed by atoms with Crippen molar-refractivity contribution >= 4 is 5.91 Å². The topological polar surface area (TPSA) is 77.0 Å². The number of rotatable bonds is 15. The zero-order chi connectivity index (χ0) is 29.8. The molecule has 0 saturated carbocycles. The molecule has 4 aromatic rings. The molecule has 0 bridgehead atoms. The summed E-state index contributed by atoms with van der Waals surface area (Å²) in [5.41, 5.74) is 3.02. The van der Waals surface area contributed by atoms with E-state index in [-0.39, 0.29) is 5.91 Å². The van der Waals surface area contributed by atoms with E-state index in [0.29, 0.717) is 13.0 Å². The number of ether oxygens (including phenoxy) is 3. The third-order valence-electron chi connectivity index (χ3n) is 7.64. The maximum absolute atomic E-state index is 12.4. The smallest absolute Gasteiger partial charge is 0.220 e. The van der Waals surface area contributed by atoms with E-state index in [2.05, 4.69) is 17.4 Å². The van der Waals surface area contributed by atoms with Gasteiger partial charge in [-0.15, -0.1) is 0 Å². The lowest BCUT2D eigenvalue weighted by Crippen LogP contribution is -2.29. The summed E-state index contributed by atoms with van der Waals surface area (Å²) in [6.07, 6.45) is 4.76. The number of hydrogen-bond acceptors (Lipinski definition) is 5. The van der Waals surface area contributed by atoms with E-state index < -0.39 is 5.60 Å². The molecule has 0 fully saturated rings. The second-order valence-corrected chi connectivity index (χ2v) is 10.3. The van der Waals surface area contributed by atoms with Gasteiger partial charge in [-0.2, -0.15) is 0 Å². The molecule has 0 unspecified atom stereocenters. The highest BCUT2D eigenvalue weighted by Gasteiger charge is 2.34. The number of carbonyl (C=O) groups is 1. The van der Waals surface area contributed by atoms with Crippen molar-refractivity contribution in [2.45, 2.75) is 44.1 Å². The zero-order valence-corrected chi connectivity index (χ0v) is 24.8. The number of amides is 1. The Morgan fingerprint density at radius 2 is 1.29 bits per heavy atom. The highest BCUT2D eigenvalue weighted by atomic mass is 16.5. The quantitative estimate of drug-likeness (QED) is 0.127. The van der Waals surface area contributed by atoms with Crippen molar-refractivity contribution in [2.24, 2.45) is 0 Å². The number of methoxy groups -OCH3 is 3. The van der Waals surface area contributed by atoms with E-state index in [1.807, 2.05) is 84.9 Å². The number of aliphatic hydroxyl groups is 1. The molecule has 4 aromatic carbocycles. The van der Waals surface area contributed by atoms with Gasteiger partial charge in [-0.05, 0) is 89.9 Å². The fourth-order valence-electron chi connectivity index (χ4n) is 5.22. The first kappa shape index (κ1) is 30.7. The summed E-state index contributed by atoms with van der Waals surface area (Å²) in [6, 6.07) is 31.0. The van der Waals surface area contributed by atoms with Crippen molar-refractivity contribution in [3.8, 4) is 17.2 Å². The van der Waals surface area contributed by atoms with Crippen LogP contribution in [0.3, 0.4) is 0 Å². The Balaban J connectivity index is 1.43. The number of carbonyl (C=O) groups excluding carboxylic acids is 1. The number of nitrogens with one attached hydrogen (secondary N) is 1. The SMILES string of the molecule is COc1ccc(C(O)(c2ccc(OC)cc2)c2ccc(OC)c(CCCCCC(=O)NCCc3ccccc3)c2)cc1. The minimum absolute atomic E-state index is 0.0922. The average Bonchev–Trinajstić information content (AvgIpc) is 3.04. The normalized spacial score (nSPS) is 11.1. The van der Waals surface area contributed by atoms with E-state index >= 15 is 0 Å². The number of aryl methyl sites for hydroxylation is 1. The Morgan fingerprint density at radius 3 is 1.86 bits per heavy atom. The van der Waals surface area contributed by atoms with Gasteiger partial charge in [-0.25, -0.2) is 0 Å². The van der Waals surface area contributed by atoms with Gasteiger partial charge in [0, 0.05) is 13.0 Å². The van der Waals surface area contributed by atoms with E-state index in [0.717, 1.165) is 71.6 Å². The first-order chi connectivity index (χ1) is 20.5. The van der Waals surface area contributed by atoms with Crippen LogP contribution in [-0.2, 0) is 23.2 Å². The van der Waals surface area contributed by atoms with Crippen LogP contribution < -0.4 is 19.5 Å². The fourth-order valence-corrected chi connectivity index (χ4v) is 5.22. The minimum Gasteiger partial charge on any atom is -0.497 e. The maximum Gasteiger partial charge on any atom is 0.220 e. The molecular weight excluding hydrogens is 526 g/mol. The van der Waals surface area contributed by atoms with E-state index in [4.69, 9.17) is 14.2 Å². The van der Waals surface area contributed by atoms with Crippen LogP contribution in [0.5, 0.6) is 17.2 Å². The summed E-state index contributed by atoms with van der Waals surface area (Å²) in [5.74, 6) is 2.31. The molecule has 4 rings (SSSR count). The van der Waals surface area contributed by atoms with Gasteiger partial charge in [-0.1, -0.05) is 67.1 Å². The van der Waals surface area contributed by atoms with Crippen molar-refractivity contribution in [1.82, 2.24) is 5.32 Å². The summed E-state index contributed by atoms with van der Waals surface area (Å²) in [6.45, 7) is 0.651. The molecule has 6 heteroatoms. The lowest BCUT2D eigenvalue weighted by Gasteiger charge is -2.31. The molecule has 0 saturated heterocycles. The molecule has 0 atom stereocenters. The van der Waals surface area contributed by atoms with Gasteiger partial charge in [0.05, 0.1) is 21.3 Å². The van der Waals surface area contributed by atoms with Crippen LogP contribution in [-0.4, -0.2) is 38.9 Å². The zero-order valence-electron chi connectivity index (χ0n) is 24.8. The van der Waals surface area contributed by atoms with Crippen LogP contribution >= 0.6 is 0 Å². The molecule has 0 aromatic heterocycles. The van der Waals surface area contributed by atoms with E-state index in [1.165, 1.54) is 5.56 Å². The summed E-state index contributed by atoms with van der Waals surface area (Å²) < 4.78 is 16.4. The third-order valence-corrected chi connectivity index (χ3v) is 7.64. The highest BCUT2D eigenvalue weighted by molar-refractivity contribution is 5.75. The molecule has 0 aliphatic carbocycles. The molecule has 6 nitrogen and oxygen atoms in total. The van der Waals surface area contributed by atoms with Crippen LogP contribution in [0, 0.1) is 0 Å². The Labute approximate surface area is 249 Å². The average molecular weight is 568 g/mol. The molecular formula is C36H41NO5. The van der Waals surface area contributed by atoms with Gasteiger partial charge in [0.25, 0.3) is 0 Å². The van der Waals surface area contributed by atoms with Crippen molar-refractivity contribution in [2.75, 3.05) is 27.9 Å². The third kappa shape index (κ3) is 7.71. The lowest BCUT2D eigenvalue weighted by molar-refractivity contribution is -0.121. The van der Waals surface area contributed by atoms with Gasteiger partial charge in [0.2, 0.25) is 5.91 Å². The van der Waals surface area contributed by atoms with Crippen LogP contribution in [0.2, 0.25) is 0 Å². The van der Waals surface area contributed by atoms with Crippen LogP contribution in [0.15, 0.2) is 97.1 Å². The predicted octanol–water partition coefficient (Wildman–Crippen LogP) is 6.46. The standard InChI is InChI=1S/C36H41NO5/c1-40-32-19-14-29(15-20-32)36(39,30-16-21-33(41-2)22-17-30)31-18-23-34(42-3)28(26-31)12-8-5-9-13-35(38)37-25-24-27-10-6-4-7-11-27/h4,6-7,10-11,14-23,26,39H,5,8-9,12-13,24-25H2,1-3H3,(H,37,38). The van der Waals surface area contributed by atoms with Gasteiger partial charge in [-0.3, -0.25) is 4.79 Å². The molecule has 0 radical (unpaired) electrons.